The molecule has 5 nitrogen and oxygen atoms in total. The average molecular weight is 435 g/mol. The SMILES string of the molecule is CN(C)c1ccc(C(CNC(=O)C2CCCCC2)N2CCN(c3ccccc3)CC2)cc1. The van der Waals surface area contributed by atoms with Crippen LogP contribution in [0.2, 0.25) is 0 Å². The van der Waals surface area contributed by atoms with E-state index in [-0.39, 0.29) is 17.9 Å². The third-order valence-corrected chi connectivity index (χ3v) is 7.12. The number of para-hydroxylation sites is 1. The summed E-state index contributed by atoms with van der Waals surface area (Å²) in [5.41, 5.74) is 3.78. The van der Waals surface area contributed by atoms with Crippen molar-refractivity contribution < 1.29 is 4.79 Å². The first-order chi connectivity index (χ1) is 15.6. The number of nitrogens with one attached hydrogen (secondary N) is 1. The summed E-state index contributed by atoms with van der Waals surface area (Å²) in [7, 11) is 4.14. The van der Waals surface area contributed by atoms with Gasteiger partial charge in [-0.25, -0.2) is 0 Å². The molecule has 5 heteroatoms. The standard InChI is InChI=1S/C27H38N4O/c1-29(2)24-15-13-22(14-16-24)26(21-28-27(32)23-9-5-3-6-10-23)31-19-17-30(18-20-31)25-11-7-4-8-12-25/h4,7-8,11-16,23,26H,3,5-6,9-10,17-21H2,1-2H3,(H,28,32). The molecule has 1 unspecified atom stereocenters. The quantitative estimate of drug-likeness (QED) is 0.705. The van der Waals surface area contributed by atoms with Crippen molar-refractivity contribution >= 4 is 17.3 Å². The molecule has 32 heavy (non-hydrogen) atoms. The number of benzene rings is 2. The number of anilines is 2. The minimum absolute atomic E-state index is 0.204. The Morgan fingerprint density at radius 3 is 2.22 bits per heavy atom. The molecule has 1 atom stereocenters. The zero-order valence-corrected chi connectivity index (χ0v) is 19.7. The molecule has 2 aromatic rings. The van der Waals surface area contributed by atoms with E-state index in [1.165, 1.54) is 36.2 Å². The van der Waals surface area contributed by atoms with E-state index in [1.54, 1.807) is 0 Å². The van der Waals surface area contributed by atoms with Crippen molar-refractivity contribution in [3.05, 3.63) is 60.2 Å². The molecule has 2 fully saturated rings. The summed E-state index contributed by atoms with van der Waals surface area (Å²) in [5.74, 6) is 0.456. The average Bonchev–Trinajstić information content (AvgIpc) is 2.86. The van der Waals surface area contributed by atoms with Crippen molar-refractivity contribution in [2.45, 2.75) is 38.1 Å². The molecule has 1 heterocycles. The molecular weight excluding hydrogens is 396 g/mol. The predicted molar refractivity (Wildman–Crippen MR) is 133 cm³/mol. The van der Waals surface area contributed by atoms with Gasteiger partial charge >= 0.3 is 0 Å². The summed E-state index contributed by atoms with van der Waals surface area (Å²) in [5, 5.41) is 3.32. The van der Waals surface area contributed by atoms with Gasteiger partial charge in [-0.15, -0.1) is 0 Å². The summed E-state index contributed by atoms with van der Waals surface area (Å²) >= 11 is 0. The van der Waals surface area contributed by atoms with E-state index >= 15 is 0 Å². The Hall–Kier alpha value is -2.53. The molecular formula is C27H38N4O. The molecule has 2 aliphatic rings. The van der Waals surface area contributed by atoms with Crippen LogP contribution in [0.5, 0.6) is 0 Å². The van der Waals surface area contributed by atoms with E-state index < -0.39 is 0 Å². The Kier molecular flexibility index (Phi) is 7.69. The van der Waals surface area contributed by atoms with Gasteiger partial charge in [-0.3, -0.25) is 9.69 Å². The number of piperazine rings is 1. The van der Waals surface area contributed by atoms with Crippen LogP contribution in [0.4, 0.5) is 11.4 Å². The molecule has 172 valence electrons. The van der Waals surface area contributed by atoms with Crippen molar-refractivity contribution in [3.8, 4) is 0 Å². The fourth-order valence-corrected chi connectivity index (χ4v) is 5.09. The largest absolute Gasteiger partial charge is 0.378 e. The lowest BCUT2D eigenvalue weighted by atomic mass is 9.88. The smallest absolute Gasteiger partial charge is 0.223 e. The van der Waals surface area contributed by atoms with E-state index in [9.17, 15) is 4.79 Å². The van der Waals surface area contributed by atoms with Crippen LogP contribution in [0.3, 0.4) is 0 Å². The van der Waals surface area contributed by atoms with Crippen LogP contribution in [0.1, 0.15) is 43.7 Å². The van der Waals surface area contributed by atoms with Gasteiger partial charge in [0.25, 0.3) is 0 Å². The molecule has 0 aromatic heterocycles. The lowest BCUT2D eigenvalue weighted by molar-refractivity contribution is -0.126. The number of hydrogen-bond donors (Lipinski definition) is 1. The molecule has 1 aliphatic carbocycles. The van der Waals surface area contributed by atoms with Gasteiger partial charge in [-0.2, -0.15) is 0 Å². The Morgan fingerprint density at radius 2 is 1.59 bits per heavy atom. The Bertz CT molecular complexity index is 838. The van der Waals surface area contributed by atoms with Gasteiger partial charge in [-0.05, 0) is 42.7 Å². The molecule has 4 rings (SSSR count). The maximum atomic E-state index is 12.9. The number of nitrogens with zero attached hydrogens (tertiary/aromatic N) is 3. The predicted octanol–water partition coefficient (Wildman–Crippen LogP) is 4.31. The molecule has 1 saturated carbocycles. The molecule has 1 N–H and O–H groups in total. The van der Waals surface area contributed by atoms with Gasteiger partial charge < -0.3 is 15.1 Å². The zero-order chi connectivity index (χ0) is 22.3. The van der Waals surface area contributed by atoms with Crippen LogP contribution >= 0.6 is 0 Å². The van der Waals surface area contributed by atoms with E-state index in [0.717, 1.165) is 39.0 Å². The second-order valence-electron chi connectivity index (χ2n) is 9.44. The fourth-order valence-electron chi connectivity index (χ4n) is 5.09. The lowest BCUT2D eigenvalue weighted by Crippen LogP contribution is -2.50. The summed E-state index contributed by atoms with van der Waals surface area (Å²) in [6.07, 6.45) is 5.74. The minimum atomic E-state index is 0.204. The highest BCUT2D eigenvalue weighted by Gasteiger charge is 2.27. The first-order valence-corrected chi connectivity index (χ1v) is 12.2. The second-order valence-corrected chi connectivity index (χ2v) is 9.44. The maximum Gasteiger partial charge on any atom is 0.223 e. The first kappa shape index (κ1) is 22.7. The van der Waals surface area contributed by atoms with Gasteiger partial charge in [0.15, 0.2) is 0 Å². The maximum absolute atomic E-state index is 12.9. The molecule has 1 saturated heterocycles. The van der Waals surface area contributed by atoms with Gasteiger partial charge in [0.05, 0.1) is 6.04 Å². The van der Waals surface area contributed by atoms with Crippen molar-refractivity contribution in [3.63, 3.8) is 0 Å². The molecule has 0 radical (unpaired) electrons. The Morgan fingerprint density at radius 1 is 0.938 bits per heavy atom. The number of carbonyl (C=O) groups excluding carboxylic acids is 1. The first-order valence-electron chi connectivity index (χ1n) is 12.2. The molecule has 0 bridgehead atoms. The zero-order valence-electron chi connectivity index (χ0n) is 19.7. The van der Waals surface area contributed by atoms with E-state index in [0.29, 0.717) is 6.54 Å². The van der Waals surface area contributed by atoms with Crippen molar-refractivity contribution in [1.82, 2.24) is 10.2 Å². The minimum Gasteiger partial charge on any atom is -0.378 e. The molecule has 2 aromatic carbocycles. The third kappa shape index (κ3) is 5.63. The lowest BCUT2D eigenvalue weighted by Gasteiger charge is -2.40. The highest BCUT2D eigenvalue weighted by Crippen LogP contribution is 2.27. The van der Waals surface area contributed by atoms with Crippen LogP contribution in [-0.4, -0.2) is 57.6 Å². The van der Waals surface area contributed by atoms with Crippen LogP contribution in [0.25, 0.3) is 0 Å². The van der Waals surface area contributed by atoms with E-state index in [1.807, 2.05) is 0 Å². The summed E-state index contributed by atoms with van der Waals surface area (Å²) in [6, 6.07) is 19.7. The van der Waals surface area contributed by atoms with Crippen molar-refractivity contribution in [1.29, 1.82) is 0 Å². The third-order valence-electron chi connectivity index (χ3n) is 7.12. The second kappa shape index (κ2) is 10.9. The van der Waals surface area contributed by atoms with Crippen LogP contribution in [0, 0.1) is 5.92 Å². The van der Waals surface area contributed by atoms with Gasteiger partial charge in [0.2, 0.25) is 5.91 Å². The monoisotopic (exact) mass is 434 g/mol. The highest BCUT2D eigenvalue weighted by molar-refractivity contribution is 5.78. The van der Waals surface area contributed by atoms with Crippen molar-refractivity contribution in [2.24, 2.45) is 5.92 Å². The summed E-state index contributed by atoms with van der Waals surface area (Å²) in [4.78, 5) is 20.0. The van der Waals surface area contributed by atoms with E-state index in [4.69, 9.17) is 0 Å². The Balaban J connectivity index is 1.44. The number of hydrogen-bond acceptors (Lipinski definition) is 4. The number of carbonyl (C=O) groups is 1. The van der Waals surface area contributed by atoms with Crippen molar-refractivity contribution in [2.75, 3.05) is 56.6 Å². The van der Waals surface area contributed by atoms with Gasteiger partial charge in [-0.1, -0.05) is 49.6 Å². The number of rotatable bonds is 7. The summed E-state index contributed by atoms with van der Waals surface area (Å²) in [6.45, 7) is 4.68. The molecule has 0 spiro atoms. The molecule has 1 amide bonds. The Labute approximate surface area is 193 Å². The molecule has 1 aliphatic heterocycles. The summed E-state index contributed by atoms with van der Waals surface area (Å²) < 4.78 is 0. The van der Waals surface area contributed by atoms with Crippen LogP contribution in [0.15, 0.2) is 54.6 Å². The van der Waals surface area contributed by atoms with Gasteiger partial charge in [0.1, 0.15) is 0 Å². The van der Waals surface area contributed by atoms with Gasteiger partial charge in [0, 0.05) is 64.1 Å². The normalized spacial score (nSPS) is 18.9. The number of amides is 1. The fraction of sp³-hybridized carbons (Fsp3) is 0.519. The highest BCUT2D eigenvalue weighted by atomic mass is 16.1. The van der Waals surface area contributed by atoms with Crippen LogP contribution in [-0.2, 0) is 4.79 Å². The topological polar surface area (TPSA) is 38.8 Å². The van der Waals surface area contributed by atoms with E-state index in [2.05, 4.69) is 88.7 Å². The van der Waals surface area contributed by atoms with Crippen LogP contribution < -0.4 is 15.1 Å².